The zero-order valence-corrected chi connectivity index (χ0v) is 14.7. The Kier molecular flexibility index (Phi) is 5.55. The Bertz CT molecular complexity index is 949. The molecule has 1 aromatic heterocycles. The van der Waals surface area contributed by atoms with Crippen molar-refractivity contribution >= 4 is 40.0 Å². The molecule has 26 heavy (non-hydrogen) atoms. The summed E-state index contributed by atoms with van der Waals surface area (Å²) >= 11 is 1.18. The van der Waals surface area contributed by atoms with Crippen molar-refractivity contribution in [2.75, 3.05) is 11.1 Å². The minimum atomic E-state index is -0.542. The molecule has 0 aliphatic rings. The van der Waals surface area contributed by atoms with Crippen molar-refractivity contribution in [2.24, 2.45) is 5.73 Å². The maximum absolute atomic E-state index is 12.3. The minimum absolute atomic E-state index is 0.0941. The van der Waals surface area contributed by atoms with Crippen LogP contribution in [-0.4, -0.2) is 32.2 Å². The van der Waals surface area contributed by atoms with E-state index in [1.54, 1.807) is 0 Å². The van der Waals surface area contributed by atoms with Crippen molar-refractivity contribution in [3.8, 4) is 0 Å². The van der Waals surface area contributed by atoms with Gasteiger partial charge >= 0.3 is 0 Å². The molecule has 0 saturated carbocycles. The molecule has 0 fully saturated rings. The molecule has 0 spiro atoms. The average molecular weight is 370 g/mol. The van der Waals surface area contributed by atoms with Crippen molar-refractivity contribution < 1.29 is 14.7 Å². The SMILES string of the molecule is NC(=O)Cn1c(CO)cnc1SCC(=O)Nc1cccc2ccccc12. The number of amides is 2. The highest BCUT2D eigenvalue weighted by atomic mass is 32.2. The summed E-state index contributed by atoms with van der Waals surface area (Å²) in [4.78, 5) is 27.7. The van der Waals surface area contributed by atoms with Gasteiger partial charge in [-0.05, 0) is 11.5 Å². The number of thioether (sulfide) groups is 1. The third-order valence-corrected chi connectivity index (χ3v) is 4.76. The first kappa shape index (κ1) is 18.0. The number of anilines is 1. The van der Waals surface area contributed by atoms with Crippen LogP contribution in [0.2, 0.25) is 0 Å². The van der Waals surface area contributed by atoms with Gasteiger partial charge in [-0.25, -0.2) is 4.98 Å². The van der Waals surface area contributed by atoms with Gasteiger partial charge in [0.2, 0.25) is 11.8 Å². The van der Waals surface area contributed by atoms with E-state index in [2.05, 4.69) is 10.3 Å². The maximum Gasteiger partial charge on any atom is 0.237 e. The number of nitrogens with zero attached hydrogens (tertiary/aromatic N) is 2. The molecule has 0 aliphatic carbocycles. The number of nitrogens with two attached hydrogens (primary N) is 1. The van der Waals surface area contributed by atoms with E-state index < -0.39 is 5.91 Å². The number of imidazole rings is 1. The molecule has 0 atom stereocenters. The van der Waals surface area contributed by atoms with E-state index in [9.17, 15) is 14.7 Å². The van der Waals surface area contributed by atoms with Gasteiger partial charge < -0.3 is 20.7 Å². The van der Waals surface area contributed by atoms with Gasteiger partial charge in [-0.2, -0.15) is 0 Å². The van der Waals surface area contributed by atoms with Gasteiger partial charge in [0.15, 0.2) is 5.16 Å². The van der Waals surface area contributed by atoms with E-state index in [0.717, 1.165) is 16.5 Å². The Labute approximate surface area is 154 Å². The van der Waals surface area contributed by atoms with E-state index in [-0.39, 0.29) is 24.8 Å². The van der Waals surface area contributed by atoms with Crippen LogP contribution in [0.4, 0.5) is 5.69 Å². The molecule has 1 heterocycles. The summed E-state index contributed by atoms with van der Waals surface area (Å²) < 4.78 is 1.51. The number of aliphatic hydroxyl groups is 1. The normalized spacial score (nSPS) is 10.8. The van der Waals surface area contributed by atoms with Crippen molar-refractivity contribution in [1.29, 1.82) is 0 Å². The number of carbonyl (C=O) groups is 2. The number of hydrogen-bond donors (Lipinski definition) is 3. The number of aromatic nitrogens is 2. The van der Waals surface area contributed by atoms with Crippen molar-refractivity contribution in [3.05, 3.63) is 54.4 Å². The smallest absolute Gasteiger partial charge is 0.237 e. The summed E-state index contributed by atoms with van der Waals surface area (Å²) in [6.45, 7) is -0.355. The van der Waals surface area contributed by atoms with Gasteiger partial charge in [0, 0.05) is 11.1 Å². The lowest BCUT2D eigenvalue weighted by molar-refractivity contribution is -0.118. The molecule has 0 bridgehead atoms. The highest BCUT2D eigenvalue weighted by Crippen LogP contribution is 2.24. The van der Waals surface area contributed by atoms with E-state index in [1.807, 2.05) is 42.5 Å². The van der Waals surface area contributed by atoms with Crippen LogP contribution >= 0.6 is 11.8 Å². The fraction of sp³-hybridized carbons (Fsp3) is 0.167. The molecule has 0 aliphatic heterocycles. The standard InChI is InChI=1S/C18H18N4O3S/c19-16(24)9-22-13(10-23)8-20-18(22)26-11-17(25)21-15-7-3-5-12-4-1-2-6-14(12)15/h1-8,23H,9-11H2,(H2,19,24)(H,21,25). The predicted molar refractivity (Wildman–Crippen MR) is 101 cm³/mol. The zero-order valence-electron chi connectivity index (χ0n) is 13.9. The Hall–Kier alpha value is -2.84. The summed E-state index contributed by atoms with van der Waals surface area (Å²) in [5.41, 5.74) is 6.44. The zero-order chi connectivity index (χ0) is 18.5. The van der Waals surface area contributed by atoms with Crippen LogP contribution in [0.1, 0.15) is 5.69 Å². The van der Waals surface area contributed by atoms with Crippen molar-refractivity contribution in [2.45, 2.75) is 18.3 Å². The largest absolute Gasteiger partial charge is 0.390 e. The van der Waals surface area contributed by atoms with Crippen molar-refractivity contribution in [1.82, 2.24) is 9.55 Å². The number of fused-ring (bicyclic) bond motifs is 1. The summed E-state index contributed by atoms with van der Waals surface area (Å²) in [6.07, 6.45) is 1.47. The molecular formula is C18H18N4O3S. The number of carbonyl (C=O) groups excluding carboxylic acids is 2. The van der Waals surface area contributed by atoms with E-state index in [0.29, 0.717) is 10.9 Å². The Morgan fingerprint density at radius 1 is 1.19 bits per heavy atom. The molecule has 4 N–H and O–H groups in total. The second-order valence-corrected chi connectivity index (χ2v) is 6.55. The number of nitrogens with one attached hydrogen (secondary N) is 1. The van der Waals surface area contributed by atoms with Gasteiger partial charge in [0.1, 0.15) is 6.54 Å². The molecule has 0 saturated heterocycles. The third-order valence-electron chi connectivity index (χ3n) is 3.77. The highest BCUT2D eigenvalue weighted by Gasteiger charge is 2.14. The number of benzene rings is 2. The predicted octanol–water partition coefficient (Wildman–Crippen LogP) is 1.74. The summed E-state index contributed by atoms with van der Waals surface area (Å²) in [5.74, 6) is -0.616. The fourth-order valence-electron chi connectivity index (χ4n) is 2.61. The molecule has 7 nitrogen and oxygen atoms in total. The first-order valence-electron chi connectivity index (χ1n) is 7.92. The van der Waals surface area contributed by atoms with Crippen LogP contribution in [0.15, 0.2) is 53.8 Å². The topological polar surface area (TPSA) is 110 Å². The van der Waals surface area contributed by atoms with Gasteiger partial charge in [0.05, 0.1) is 24.3 Å². The molecule has 0 unspecified atom stereocenters. The second kappa shape index (κ2) is 8.03. The fourth-order valence-corrected chi connectivity index (χ4v) is 3.41. The summed E-state index contributed by atoms with van der Waals surface area (Å²) in [7, 11) is 0. The number of hydrogen-bond acceptors (Lipinski definition) is 5. The van der Waals surface area contributed by atoms with Crippen LogP contribution in [0.3, 0.4) is 0 Å². The first-order valence-corrected chi connectivity index (χ1v) is 8.91. The minimum Gasteiger partial charge on any atom is -0.390 e. The average Bonchev–Trinajstić information content (AvgIpc) is 3.01. The molecule has 3 rings (SSSR count). The number of primary amides is 1. The Morgan fingerprint density at radius 2 is 1.96 bits per heavy atom. The van der Waals surface area contributed by atoms with Crippen molar-refractivity contribution in [3.63, 3.8) is 0 Å². The lowest BCUT2D eigenvalue weighted by Crippen LogP contribution is -2.21. The van der Waals surface area contributed by atoms with Gasteiger partial charge in [-0.1, -0.05) is 48.2 Å². The first-order chi connectivity index (χ1) is 12.6. The lowest BCUT2D eigenvalue weighted by Gasteiger charge is -2.10. The number of rotatable bonds is 7. The van der Waals surface area contributed by atoms with Gasteiger partial charge in [0.25, 0.3) is 0 Å². The molecule has 0 radical (unpaired) electrons. The van der Waals surface area contributed by atoms with Crippen LogP contribution in [0.5, 0.6) is 0 Å². The molecule has 3 aromatic rings. The molecule has 8 heteroatoms. The monoisotopic (exact) mass is 370 g/mol. The number of aliphatic hydroxyl groups excluding tert-OH is 1. The molecule has 2 aromatic carbocycles. The van der Waals surface area contributed by atoms with E-state index >= 15 is 0 Å². The Balaban J connectivity index is 1.69. The van der Waals surface area contributed by atoms with Gasteiger partial charge in [-0.15, -0.1) is 0 Å². The van der Waals surface area contributed by atoms with E-state index in [1.165, 1.54) is 22.5 Å². The Morgan fingerprint density at radius 3 is 2.73 bits per heavy atom. The van der Waals surface area contributed by atoms with Crippen LogP contribution < -0.4 is 11.1 Å². The lowest BCUT2D eigenvalue weighted by atomic mass is 10.1. The maximum atomic E-state index is 12.3. The van der Waals surface area contributed by atoms with Gasteiger partial charge in [-0.3, -0.25) is 9.59 Å². The van der Waals surface area contributed by atoms with E-state index in [4.69, 9.17) is 5.73 Å². The van der Waals surface area contributed by atoms with Crippen LogP contribution in [0.25, 0.3) is 10.8 Å². The molecular weight excluding hydrogens is 352 g/mol. The quantitative estimate of drug-likeness (QED) is 0.549. The second-order valence-electron chi connectivity index (χ2n) is 5.61. The molecule has 2 amide bonds. The highest BCUT2D eigenvalue weighted by molar-refractivity contribution is 7.99. The summed E-state index contributed by atoms with van der Waals surface area (Å²) in [6, 6.07) is 13.5. The third kappa shape index (κ3) is 4.04. The summed E-state index contributed by atoms with van der Waals surface area (Å²) in [5, 5.41) is 14.7. The van der Waals surface area contributed by atoms with Crippen LogP contribution in [0, 0.1) is 0 Å². The van der Waals surface area contributed by atoms with Crippen LogP contribution in [-0.2, 0) is 22.7 Å². The molecule has 134 valence electrons.